The van der Waals surface area contributed by atoms with E-state index in [1.165, 1.54) is 5.56 Å². The Balaban J connectivity index is 1.41. The summed E-state index contributed by atoms with van der Waals surface area (Å²) in [5.74, 6) is 0.918. The number of aromatic nitrogens is 2. The first-order valence-corrected chi connectivity index (χ1v) is 8.95. The number of aliphatic hydroxyl groups is 1. The fraction of sp³-hybridized carbons (Fsp3) is 0.526. The van der Waals surface area contributed by atoms with Crippen LogP contribution in [0.5, 0.6) is 5.75 Å². The lowest BCUT2D eigenvalue weighted by Crippen LogP contribution is -2.52. The Morgan fingerprint density at radius 2 is 2.08 bits per heavy atom. The van der Waals surface area contributed by atoms with Gasteiger partial charge in [0.15, 0.2) is 0 Å². The van der Waals surface area contributed by atoms with Gasteiger partial charge >= 0.3 is 0 Å². The van der Waals surface area contributed by atoms with E-state index in [4.69, 9.17) is 4.74 Å². The van der Waals surface area contributed by atoms with E-state index in [1.807, 2.05) is 24.7 Å². The summed E-state index contributed by atoms with van der Waals surface area (Å²) >= 11 is 0. The van der Waals surface area contributed by atoms with Crippen molar-refractivity contribution in [2.24, 2.45) is 0 Å². The Kier molecular flexibility index (Phi) is 6.44. The SMILES string of the molecule is CN1CCN(Cc2ccc(OCCCn3ccnc3)cc2)C[C@H]1CO. The molecule has 6 heteroatoms. The van der Waals surface area contributed by atoms with Crippen molar-refractivity contribution in [2.75, 3.05) is 39.9 Å². The van der Waals surface area contributed by atoms with Crippen LogP contribution in [-0.2, 0) is 13.1 Å². The summed E-state index contributed by atoms with van der Waals surface area (Å²) in [5.41, 5.74) is 1.28. The molecule has 1 aromatic carbocycles. The van der Waals surface area contributed by atoms with Crippen molar-refractivity contribution in [3.05, 3.63) is 48.5 Å². The van der Waals surface area contributed by atoms with E-state index in [0.717, 1.165) is 44.9 Å². The van der Waals surface area contributed by atoms with Gasteiger partial charge in [-0.3, -0.25) is 9.80 Å². The minimum absolute atomic E-state index is 0.221. The smallest absolute Gasteiger partial charge is 0.119 e. The van der Waals surface area contributed by atoms with Gasteiger partial charge in [-0.1, -0.05) is 12.1 Å². The third-order valence-electron chi connectivity index (χ3n) is 4.79. The molecule has 1 atom stereocenters. The van der Waals surface area contributed by atoms with Gasteiger partial charge in [0.25, 0.3) is 0 Å². The van der Waals surface area contributed by atoms with Crippen LogP contribution in [0.2, 0.25) is 0 Å². The van der Waals surface area contributed by atoms with Gasteiger partial charge in [-0.25, -0.2) is 4.98 Å². The molecule has 1 aliphatic rings. The molecule has 0 amide bonds. The van der Waals surface area contributed by atoms with Gasteiger partial charge in [0.2, 0.25) is 0 Å². The van der Waals surface area contributed by atoms with Gasteiger partial charge in [0.05, 0.1) is 19.5 Å². The number of benzene rings is 1. The number of piperazine rings is 1. The van der Waals surface area contributed by atoms with Crippen LogP contribution in [0.15, 0.2) is 43.0 Å². The number of hydrogen-bond acceptors (Lipinski definition) is 5. The number of imidazole rings is 1. The molecule has 0 bridgehead atoms. The van der Waals surface area contributed by atoms with E-state index in [1.54, 1.807) is 6.20 Å². The molecule has 0 radical (unpaired) electrons. The molecule has 0 spiro atoms. The maximum Gasteiger partial charge on any atom is 0.119 e. The molecule has 136 valence electrons. The van der Waals surface area contributed by atoms with Crippen LogP contribution in [0.3, 0.4) is 0 Å². The average molecular weight is 344 g/mol. The lowest BCUT2D eigenvalue weighted by molar-refractivity contribution is 0.0540. The van der Waals surface area contributed by atoms with Crippen molar-refractivity contribution < 1.29 is 9.84 Å². The molecule has 2 aromatic rings. The van der Waals surface area contributed by atoms with Crippen LogP contribution in [0.25, 0.3) is 0 Å². The highest BCUT2D eigenvalue weighted by Gasteiger charge is 2.23. The van der Waals surface area contributed by atoms with Crippen LogP contribution in [0.4, 0.5) is 0 Å². The van der Waals surface area contributed by atoms with Gasteiger partial charge in [0.1, 0.15) is 5.75 Å². The van der Waals surface area contributed by atoms with Gasteiger partial charge in [0, 0.05) is 51.2 Å². The zero-order chi connectivity index (χ0) is 17.5. The second-order valence-corrected chi connectivity index (χ2v) is 6.70. The lowest BCUT2D eigenvalue weighted by Gasteiger charge is -2.38. The summed E-state index contributed by atoms with van der Waals surface area (Å²) in [7, 11) is 2.08. The predicted molar refractivity (Wildman–Crippen MR) is 97.6 cm³/mol. The van der Waals surface area contributed by atoms with Crippen molar-refractivity contribution in [3.8, 4) is 5.75 Å². The summed E-state index contributed by atoms with van der Waals surface area (Å²) in [6, 6.07) is 8.61. The van der Waals surface area contributed by atoms with Crippen molar-refractivity contribution >= 4 is 0 Å². The number of ether oxygens (including phenoxy) is 1. The van der Waals surface area contributed by atoms with Crippen LogP contribution in [0, 0.1) is 0 Å². The number of aryl methyl sites for hydroxylation is 1. The summed E-state index contributed by atoms with van der Waals surface area (Å²) in [6.45, 7) is 5.73. The van der Waals surface area contributed by atoms with Crippen LogP contribution in [-0.4, -0.2) is 70.4 Å². The van der Waals surface area contributed by atoms with Gasteiger partial charge in [-0.15, -0.1) is 0 Å². The van der Waals surface area contributed by atoms with Crippen LogP contribution < -0.4 is 4.74 Å². The van der Waals surface area contributed by atoms with Gasteiger partial charge < -0.3 is 14.4 Å². The predicted octanol–water partition coefficient (Wildman–Crippen LogP) is 1.46. The normalized spacial score (nSPS) is 19.2. The second kappa shape index (κ2) is 8.99. The Morgan fingerprint density at radius 1 is 1.24 bits per heavy atom. The molecule has 0 saturated carbocycles. The van der Waals surface area contributed by atoms with Gasteiger partial charge in [-0.05, 0) is 31.2 Å². The molecule has 2 heterocycles. The van der Waals surface area contributed by atoms with Crippen molar-refractivity contribution in [1.82, 2.24) is 19.4 Å². The van der Waals surface area contributed by atoms with Crippen LogP contribution in [0.1, 0.15) is 12.0 Å². The molecule has 0 aliphatic carbocycles. The number of rotatable bonds is 8. The fourth-order valence-corrected chi connectivity index (χ4v) is 3.16. The standard InChI is InChI=1S/C19H28N4O2/c1-21-10-11-23(14-18(21)15-24)13-17-3-5-19(6-4-17)25-12-2-8-22-9-7-20-16-22/h3-7,9,16,18,24H,2,8,10-15H2,1H3/t18-/m0/s1. The van der Waals surface area contributed by atoms with Gasteiger partial charge in [-0.2, -0.15) is 0 Å². The summed E-state index contributed by atoms with van der Waals surface area (Å²) < 4.78 is 7.87. The van der Waals surface area contributed by atoms with Crippen molar-refractivity contribution in [2.45, 2.75) is 25.6 Å². The maximum absolute atomic E-state index is 9.46. The first kappa shape index (κ1) is 17.9. The third kappa shape index (κ3) is 5.29. The van der Waals surface area contributed by atoms with E-state index in [-0.39, 0.29) is 12.6 Å². The quantitative estimate of drug-likeness (QED) is 0.735. The van der Waals surface area contributed by atoms with E-state index in [9.17, 15) is 5.11 Å². The first-order chi connectivity index (χ1) is 12.2. The molecule has 6 nitrogen and oxygen atoms in total. The molecule has 3 rings (SSSR count). The molecular weight excluding hydrogens is 316 g/mol. The minimum atomic E-state index is 0.221. The number of nitrogens with zero attached hydrogens (tertiary/aromatic N) is 4. The number of hydrogen-bond donors (Lipinski definition) is 1. The molecule has 1 aliphatic heterocycles. The average Bonchev–Trinajstić information content (AvgIpc) is 3.15. The Bertz CT molecular complexity index is 615. The Labute approximate surface area is 149 Å². The van der Waals surface area contributed by atoms with Crippen molar-refractivity contribution in [3.63, 3.8) is 0 Å². The Hall–Kier alpha value is -1.89. The van der Waals surface area contributed by atoms with E-state index in [0.29, 0.717) is 6.61 Å². The molecule has 1 fully saturated rings. The van der Waals surface area contributed by atoms with E-state index in [2.05, 4.69) is 38.5 Å². The fourth-order valence-electron chi connectivity index (χ4n) is 3.16. The highest BCUT2D eigenvalue weighted by atomic mass is 16.5. The highest BCUT2D eigenvalue weighted by molar-refractivity contribution is 5.27. The molecule has 1 aromatic heterocycles. The van der Waals surface area contributed by atoms with E-state index >= 15 is 0 Å². The summed E-state index contributed by atoms with van der Waals surface area (Å²) in [5, 5.41) is 9.46. The van der Waals surface area contributed by atoms with Crippen molar-refractivity contribution in [1.29, 1.82) is 0 Å². The minimum Gasteiger partial charge on any atom is -0.494 e. The number of likely N-dealkylation sites (N-methyl/N-ethyl adjacent to an activating group) is 1. The Morgan fingerprint density at radius 3 is 2.80 bits per heavy atom. The zero-order valence-electron chi connectivity index (χ0n) is 14.9. The maximum atomic E-state index is 9.46. The molecule has 25 heavy (non-hydrogen) atoms. The zero-order valence-corrected chi connectivity index (χ0v) is 14.9. The molecule has 1 N–H and O–H groups in total. The topological polar surface area (TPSA) is 53.8 Å². The lowest BCUT2D eigenvalue weighted by atomic mass is 10.1. The van der Waals surface area contributed by atoms with Crippen LogP contribution >= 0.6 is 0 Å². The first-order valence-electron chi connectivity index (χ1n) is 8.95. The highest BCUT2D eigenvalue weighted by Crippen LogP contribution is 2.16. The third-order valence-corrected chi connectivity index (χ3v) is 4.79. The monoisotopic (exact) mass is 344 g/mol. The summed E-state index contributed by atoms with van der Waals surface area (Å²) in [6.07, 6.45) is 6.55. The molecule has 0 unspecified atom stereocenters. The molecule has 1 saturated heterocycles. The molecular formula is C19H28N4O2. The summed E-state index contributed by atoms with van der Waals surface area (Å²) in [4.78, 5) is 8.67. The van der Waals surface area contributed by atoms with E-state index < -0.39 is 0 Å². The second-order valence-electron chi connectivity index (χ2n) is 6.70. The largest absolute Gasteiger partial charge is 0.494 e. The number of aliphatic hydroxyl groups excluding tert-OH is 1.